The quantitative estimate of drug-likeness (QED) is 0.382. The van der Waals surface area contributed by atoms with Gasteiger partial charge in [-0.2, -0.15) is 0 Å². The lowest BCUT2D eigenvalue weighted by molar-refractivity contribution is 0.318. The van der Waals surface area contributed by atoms with Crippen LogP contribution in [0.2, 0.25) is 0 Å². The van der Waals surface area contributed by atoms with E-state index in [4.69, 9.17) is 10.9 Å². The van der Waals surface area contributed by atoms with Gasteiger partial charge in [0.15, 0.2) is 5.84 Å². The van der Waals surface area contributed by atoms with Gasteiger partial charge < -0.3 is 15.8 Å². The number of hydrogen-bond donors (Lipinski definition) is 2. The van der Waals surface area contributed by atoms with Crippen LogP contribution in [0, 0.1) is 6.92 Å². The molecule has 1 aromatic carbocycles. The lowest BCUT2D eigenvalue weighted by atomic mass is 10.1. The van der Waals surface area contributed by atoms with E-state index in [1.807, 2.05) is 55.3 Å². The summed E-state index contributed by atoms with van der Waals surface area (Å²) in [6.45, 7) is 1.95. The number of hydrogen-bond acceptors (Lipinski definition) is 4. The van der Waals surface area contributed by atoms with Crippen LogP contribution in [0.5, 0.6) is 0 Å². The molecule has 0 radical (unpaired) electrons. The third kappa shape index (κ3) is 2.82. The highest BCUT2D eigenvalue weighted by Gasteiger charge is 2.07. The van der Waals surface area contributed by atoms with Crippen LogP contribution in [-0.2, 0) is 0 Å². The Balaban J connectivity index is 2.36. The minimum atomic E-state index is 0.0902. The molecule has 2 rings (SSSR count). The number of aromatic nitrogens is 1. The maximum absolute atomic E-state index is 8.71. The molecule has 0 saturated heterocycles. The first kappa shape index (κ1) is 12.9. The van der Waals surface area contributed by atoms with E-state index in [0.29, 0.717) is 5.56 Å². The summed E-state index contributed by atoms with van der Waals surface area (Å²) in [4.78, 5) is 6.40. The van der Waals surface area contributed by atoms with Crippen molar-refractivity contribution in [3.63, 3.8) is 0 Å². The third-order valence-corrected chi connectivity index (χ3v) is 2.85. The Morgan fingerprint density at radius 2 is 2.00 bits per heavy atom. The van der Waals surface area contributed by atoms with Crippen molar-refractivity contribution in [1.82, 2.24) is 4.98 Å². The number of rotatable bonds is 3. The van der Waals surface area contributed by atoms with E-state index in [2.05, 4.69) is 10.1 Å². The predicted octanol–water partition coefficient (Wildman–Crippen LogP) is 2.25. The Hall–Kier alpha value is -2.56. The van der Waals surface area contributed by atoms with Gasteiger partial charge in [0.25, 0.3) is 0 Å². The van der Waals surface area contributed by atoms with Gasteiger partial charge in [-0.1, -0.05) is 23.4 Å². The molecule has 0 bridgehead atoms. The molecule has 0 aliphatic carbocycles. The average Bonchev–Trinajstić information content (AvgIpc) is 2.45. The molecule has 0 spiro atoms. The summed E-state index contributed by atoms with van der Waals surface area (Å²) in [6, 6.07) is 13.3. The normalized spacial score (nSPS) is 11.4. The number of aryl methyl sites for hydroxylation is 1. The van der Waals surface area contributed by atoms with Gasteiger partial charge in [-0.05, 0) is 31.2 Å². The van der Waals surface area contributed by atoms with Crippen LogP contribution in [0.15, 0.2) is 47.6 Å². The standard InChI is InChI=1S/C14H16N4O/c1-10-5-3-8-13(16-10)18(2)12-7-4-6-11(9-12)14(15)17-19/h3-9,19H,1-2H3,(H2,15,17). The lowest BCUT2D eigenvalue weighted by Gasteiger charge is -2.19. The largest absolute Gasteiger partial charge is 0.409 e. The highest BCUT2D eigenvalue weighted by molar-refractivity contribution is 5.97. The van der Waals surface area contributed by atoms with Gasteiger partial charge in [0.1, 0.15) is 5.82 Å². The lowest BCUT2D eigenvalue weighted by Crippen LogP contribution is -2.15. The molecular weight excluding hydrogens is 240 g/mol. The van der Waals surface area contributed by atoms with E-state index in [1.54, 1.807) is 6.07 Å². The third-order valence-electron chi connectivity index (χ3n) is 2.85. The first-order valence-electron chi connectivity index (χ1n) is 5.87. The molecular formula is C14H16N4O. The second kappa shape index (κ2) is 5.39. The van der Waals surface area contributed by atoms with Crippen molar-refractivity contribution >= 4 is 17.3 Å². The molecule has 19 heavy (non-hydrogen) atoms. The van der Waals surface area contributed by atoms with Crippen LogP contribution in [0.1, 0.15) is 11.3 Å². The number of pyridine rings is 1. The van der Waals surface area contributed by atoms with Gasteiger partial charge in [-0.15, -0.1) is 0 Å². The second-order valence-electron chi connectivity index (χ2n) is 4.23. The monoisotopic (exact) mass is 256 g/mol. The van der Waals surface area contributed by atoms with Gasteiger partial charge >= 0.3 is 0 Å². The molecule has 0 fully saturated rings. The van der Waals surface area contributed by atoms with Crippen molar-refractivity contribution < 1.29 is 5.21 Å². The van der Waals surface area contributed by atoms with Crippen molar-refractivity contribution in [1.29, 1.82) is 0 Å². The Kier molecular flexibility index (Phi) is 3.66. The molecule has 1 aromatic heterocycles. The van der Waals surface area contributed by atoms with Gasteiger partial charge in [-0.3, -0.25) is 0 Å². The van der Waals surface area contributed by atoms with Gasteiger partial charge in [0.05, 0.1) is 0 Å². The van der Waals surface area contributed by atoms with Crippen LogP contribution in [-0.4, -0.2) is 23.1 Å². The van der Waals surface area contributed by atoms with Crippen molar-refractivity contribution in [3.05, 3.63) is 53.7 Å². The Morgan fingerprint density at radius 1 is 1.26 bits per heavy atom. The zero-order chi connectivity index (χ0) is 13.8. The van der Waals surface area contributed by atoms with Crippen molar-refractivity contribution in [2.24, 2.45) is 10.9 Å². The van der Waals surface area contributed by atoms with Crippen molar-refractivity contribution in [2.75, 3.05) is 11.9 Å². The van der Waals surface area contributed by atoms with Crippen LogP contribution in [0.25, 0.3) is 0 Å². The Morgan fingerprint density at radius 3 is 2.68 bits per heavy atom. The van der Waals surface area contributed by atoms with Gasteiger partial charge in [-0.25, -0.2) is 4.98 Å². The maximum Gasteiger partial charge on any atom is 0.170 e. The smallest absolute Gasteiger partial charge is 0.170 e. The fourth-order valence-corrected chi connectivity index (χ4v) is 1.78. The van der Waals surface area contributed by atoms with E-state index >= 15 is 0 Å². The maximum atomic E-state index is 8.71. The Labute approximate surface area is 112 Å². The van der Waals surface area contributed by atoms with E-state index in [1.165, 1.54) is 0 Å². The summed E-state index contributed by atoms with van der Waals surface area (Å²) < 4.78 is 0. The van der Waals surface area contributed by atoms with Crippen molar-refractivity contribution in [2.45, 2.75) is 6.92 Å². The van der Waals surface area contributed by atoms with Crippen molar-refractivity contribution in [3.8, 4) is 0 Å². The fourth-order valence-electron chi connectivity index (χ4n) is 1.78. The average molecular weight is 256 g/mol. The summed E-state index contributed by atoms with van der Waals surface area (Å²) in [5, 5.41) is 11.7. The van der Waals surface area contributed by atoms with Crippen LogP contribution >= 0.6 is 0 Å². The summed E-state index contributed by atoms with van der Waals surface area (Å²) in [6.07, 6.45) is 0. The number of oxime groups is 1. The van der Waals surface area contributed by atoms with E-state index in [0.717, 1.165) is 17.2 Å². The minimum Gasteiger partial charge on any atom is -0.409 e. The molecule has 98 valence electrons. The summed E-state index contributed by atoms with van der Waals surface area (Å²) in [7, 11) is 1.92. The number of nitrogens with zero attached hydrogens (tertiary/aromatic N) is 3. The van der Waals surface area contributed by atoms with E-state index in [-0.39, 0.29) is 5.84 Å². The van der Waals surface area contributed by atoms with Crippen LogP contribution in [0.3, 0.4) is 0 Å². The Bertz CT molecular complexity index is 610. The molecule has 0 atom stereocenters. The summed E-state index contributed by atoms with van der Waals surface area (Å²) >= 11 is 0. The van der Waals surface area contributed by atoms with Crippen LogP contribution < -0.4 is 10.6 Å². The van der Waals surface area contributed by atoms with E-state index < -0.39 is 0 Å². The molecule has 2 aromatic rings. The van der Waals surface area contributed by atoms with Gasteiger partial charge in [0.2, 0.25) is 0 Å². The zero-order valence-electron chi connectivity index (χ0n) is 10.9. The van der Waals surface area contributed by atoms with Crippen LogP contribution in [0.4, 0.5) is 11.5 Å². The molecule has 0 amide bonds. The second-order valence-corrected chi connectivity index (χ2v) is 4.23. The molecule has 0 aliphatic heterocycles. The molecule has 1 heterocycles. The van der Waals surface area contributed by atoms with E-state index in [9.17, 15) is 0 Å². The molecule has 5 nitrogen and oxygen atoms in total. The highest BCUT2D eigenvalue weighted by atomic mass is 16.4. The first-order valence-corrected chi connectivity index (χ1v) is 5.87. The molecule has 0 saturated carbocycles. The topological polar surface area (TPSA) is 74.7 Å². The van der Waals surface area contributed by atoms with Gasteiger partial charge in [0, 0.05) is 24.0 Å². The number of anilines is 2. The predicted molar refractivity (Wildman–Crippen MR) is 76.0 cm³/mol. The number of nitrogens with two attached hydrogens (primary N) is 1. The first-order chi connectivity index (χ1) is 9.11. The highest BCUT2D eigenvalue weighted by Crippen LogP contribution is 2.22. The SMILES string of the molecule is Cc1cccc(N(C)c2cccc(C(N)=NO)c2)n1. The zero-order valence-corrected chi connectivity index (χ0v) is 10.9. The number of benzene rings is 1. The summed E-state index contributed by atoms with van der Waals surface area (Å²) in [5.74, 6) is 0.934. The molecule has 5 heteroatoms. The molecule has 0 unspecified atom stereocenters. The minimum absolute atomic E-state index is 0.0902. The fraction of sp³-hybridized carbons (Fsp3) is 0.143. The molecule has 0 aliphatic rings. The number of amidine groups is 1. The summed E-state index contributed by atoms with van der Waals surface area (Å²) in [5.41, 5.74) is 8.13. The molecule has 3 N–H and O–H groups in total.